The number of hydrogen-bond acceptors (Lipinski definition) is 13. The second-order valence-corrected chi connectivity index (χ2v) is 16.0. The number of carbonyl (C=O) groups excluding carboxylic acids is 4. The van der Waals surface area contributed by atoms with Crippen molar-refractivity contribution >= 4 is 80.9 Å². The molecule has 2 aliphatic rings. The van der Waals surface area contributed by atoms with Crippen LogP contribution in [0.5, 0.6) is 0 Å². The summed E-state index contributed by atoms with van der Waals surface area (Å²) in [5, 5.41) is 17.6. The molecule has 2 fully saturated rings. The highest BCUT2D eigenvalue weighted by molar-refractivity contribution is 6.33. The molecule has 3 aromatic heterocycles. The van der Waals surface area contributed by atoms with E-state index in [9.17, 15) is 19.2 Å². The molecule has 18 nitrogen and oxygen atoms in total. The van der Waals surface area contributed by atoms with Crippen LogP contribution in [0.15, 0.2) is 135 Å². The van der Waals surface area contributed by atoms with Gasteiger partial charge in [0.2, 0.25) is 23.7 Å². The number of aromatic nitrogens is 6. The molecule has 0 radical (unpaired) electrons. The molecular weight excluding hydrogens is 888 g/mol. The van der Waals surface area contributed by atoms with Crippen molar-refractivity contribution in [2.24, 2.45) is 0 Å². The molecule has 4 amide bonds. The Hall–Kier alpha value is -8.32. The van der Waals surface area contributed by atoms with E-state index in [-0.39, 0.29) is 48.7 Å². The molecule has 19 heteroatoms. The van der Waals surface area contributed by atoms with Crippen LogP contribution < -0.4 is 21.3 Å². The SMILES string of the molecule is C=CC(=O)Nc1cccc(-c2nc(Nc3ccc(C(=O)N4CCOC(n5ncc6c(-c7cccc(NC(=O)C=C)c7)nc(Nc7ccc(C(=O)N8CCOCC8)cc7)nc65)C4)cc3)ncc2Cl)c1. The molecule has 9 rings (SSSR count). The minimum Gasteiger partial charge on any atom is -0.378 e. The van der Waals surface area contributed by atoms with Crippen LogP contribution in [0.2, 0.25) is 5.02 Å². The van der Waals surface area contributed by atoms with E-state index in [1.165, 1.54) is 18.3 Å². The zero-order valence-electron chi connectivity index (χ0n) is 36.4. The van der Waals surface area contributed by atoms with Crippen molar-refractivity contribution in [1.82, 2.24) is 39.5 Å². The highest BCUT2D eigenvalue weighted by atomic mass is 35.5. The lowest BCUT2D eigenvalue weighted by Gasteiger charge is -2.33. The number of halogens is 1. The van der Waals surface area contributed by atoms with Crippen molar-refractivity contribution in [3.63, 3.8) is 0 Å². The van der Waals surface area contributed by atoms with Crippen molar-refractivity contribution in [3.05, 3.63) is 151 Å². The van der Waals surface area contributed by atoms with Gasteiger partial charge in [-0.25, -0.2) is 19.6 Å². The number of nitrogens with one attached hydrogen (secondary N) is 4. The van der Waals surface area contributed by atoms with Crippen molar-refractivity contribution in [2.75, 3.05) is 67.3 Å². The fourth-order valence-corrected chi connectivity index (χ4v) is 7.86. The van der Waals surface area contributed by atoms with Crippen LogP contribution in [0.1, 0.15) is 26.9 Å². The van der Waals surface area contributed by atoms with Gasteiger partial charge >= 0.3 is 0 Å². The zero-order valence-corrected chi connectivity index (χ0v) is 37.1. The Bertz CT molecular complexity index is 3070. The second kappa shape index (κ2) is 20.0. The minimum atomic E-state index is -0.708. The molecule has 4 aromatic carbocycles. The monoisotopic (exact) mass is 930 g/mol. The largest absolute Gasteiger partial charge is 0.378 e. The number of ether oxygens (including phenoxy) is 2. The van der Waals surface area contributed by atoms with Gasteiger partial charge < -0.3 is 40.5 Å². The number of amides is 4. The first kappa shape index (κ1) is 44.9. The maximum absolute atomic E-state index is 14.0. The van der Waals surface area contributed by atoms with Crippen molar-refractivity contribution in [3.8, 4) is 22.5 Å². The van der Waals surface area contributed by atoms with Gasteiger partial charge in [-0.3, -0.25) is 19.2 Å². The molecule has 5 heterocycles. The maximum atomic E-state index is 14.0. The summed E-state index contributed by atoms with van der Waals surface area (Å²) in [6.45, 7) is 9.87. The Kier molecular flexibility index (Phi) is 13.2. The molecule has 2 aliphatic heterocycles. The molecule has 2 saturated heterocycles. The summed E-state index contributed by atoms with van der Waals surface area (Å²) in [5.41, 5.74) is 6.14. The predicted molar refractivity (Wildman–Crippen MR) is 258 cm³/mol. The van der Waals surface area contributed by atoms with Gasteiger partial charge in [-0.1, -0.05) is 49.0 Å². The molecule has 0 aliphatic carbocycles. The van der Waals surface area contributed by atoms with Crippen LogP contribution in [0.25, 0.3) is 33.5 Å². The van der Waals surface area contributed by atoms with Crippen LogP contribution in [-0.4, -0.2) is 109 Å². The first-order valence-electron chi connectivity index (χ1n) is 21.5. The van der Waals surface area contributed by atoms with Crippen LogP contribution in [0, 0.1) is 0 Å². The van der Waals surface area contributed by atoms with Crippen molar-refractivity contribution in [1.29, 1.82) is 0 Å². The Morgan fingerprint density at radius 3 is 1.82 bits per heavy atom. The van der Waals surface area contributed by atoms with Crippen LogP contribution in [0.4, 0.5) is 34.6 Å². The Labute approximate surface area is 394 Å². The fraction of sp³-hybridized carbons (Fsp3) is 0.163. The van der Waals surface area contributed by atoms with Crippen LogP contribution in [-0.2, 0) is 19.1 Å². The predicted octanol–water partition coefficient (Wildman–Crippen LogP) is 7.48. The van der Waals surface area contributed by atoms with E-state index < -0.39 is 6.23 Å². The Morgan fingerprint density at radius 1 is 0.647 bits per heavy atom. The van der Waals surface area contributed by atoms with E-state index in [0.29, 0.717) is 105 Å². The summed E-state index contributed by atoms with van der Waals surface area (Å²) in [4.78, 5) is 73.5. The van der Waals surface area contributed by atoms with Gasteiger partial charge in [0, 0.05) is 64.6 Å². The number of nitrogens with zero attached hydrogens (tertiary/aromatic N) is 8. The average molecular weight is 931 g/mol. The van der Waals surface area contributed by atoms with Crippen molar-refractivity contribution in [2.45, 2.75) is 6.23 Å². The van der Waals surface area contributed by atoms with Gasteiger partial charge in [0.15, 0.2) is 11.9 Å². The fourth-order valence-electron chi connectivity index (χ4n) is 7.66. The number of carbonyl (C=O) groups is 4. The van der Waals surface area contributed by atoms with E-state index in [2.05, 4.69) is 44.4 Å². The van der Waals surface area contributed by atoms with Gasteiger partial charge in [-0.05, 0) is 84.9 Å². The molecule has 0 spiro atoms. The lowest BCUT2D eigenvalue weighted by atomic mass is 10.1. The molecule has 342 valence electrons. The number of benzene rings is 4. The average Bonchev–Trinajstić information content (AvgIpc) is 3.81. The molecular formula is C49H43ClN12O6. The topological polar surface area (TPSA) is 211 Å². The van der Waals surface area contributed by atoms with E-state index in [0.717, 1.165) is 0 Å². The number of morpholine rings is 2. The molecule has 7 aromatic rings. The van der Waals surface area contributed by atoms with Gasteiger partial charge in [0.05, 0.1) is 60.6 Å². The zero-order chi connectivity index (χ0) is 47.1. The second-order valence-electron chi connectivity index (χ2n) is 15.5. The molecule has 68 heavy (non-hydrogen) atoms. The molecule has 1 atom stereocenters. The van der Waals surface area contributed by atoms with Gasteiger partial charge in [0.25, 0.3) is 11.8 Å². The summed E-state index contributed by atoms with van der Waals surface area (Å²) in [5.74, 6) is -0.467. The summed E-state index contributed by atoms with van der Waals surface area (Å²) in [7, 11) is 0. The van der Waals surface area contributed by atoms with Crippen LogP contribution in [0.3, 0.4) is 0 Å². The number of anilines is 6. The highest BCUT2D eigenvalue weighted by Gasteiger charge is 2.29. The quantitative estimate of drug-likeness (QED) is 0.0828. The van der Waals surface area contributed by atoms with Crippen molar-refractivity contribution < 1.29 is 28.7 Å². The summed E-state index contributed by atoms with van der Waals surface area (Å²) in [6.07, 6.45) is 4.81. The number of hydrogen-bond donors (Lipinski definition) is 4. The molecule has 0 saturated carbocycles. The highest BCUT2D eigenvalue weighted by Crippen LogP contribution is 2.33. The standard InChI is InChI=1S/C49H43ClN12O6/c1-3-40(63)53-36-9-5-7-32(25-36)43-38-27-52-62(45(38)59-49(57-43)56-35-17-11-30(12-18-35)46(65)60-19-22-67-23-20-60)42-29-61(21-24-68-42)47(66)31-13-15-34(16-14-31)55-48-51-28-39(50)44(58-48)33-8-6-10-37(26-33)54-41(64)4-2/h3-18,25-28,42H,1-2,19-24,29H2,(H,53,63)(H,54,64)(H,51,55,58)(H,56,57,59). The normalized spacial score (nSPS) is 14.8. The Balaban J connectivity index is 0.940. The van der Waals surface area contributed by atoms with Gasteiger partial charge in [0.1, 0.15) is 0 Å². The van der Waals surface area contributed by atoms with E-state index in [1.807, 2.05) is 12.1 Å². The summed E-state index contributed by atoms with van der Waals surface area (Å²) in [6, 6.07) is 28.4. The molecule has 1 unspecified atom stereocenters. The first-order chi connectivity index (χ1) is 33.1. The smallest absolute Gasteiger partial charge is 0.254 e. The van der Waals surface area contributed by atoms with Gasteiger partial charge in [-0.15, -0.1) is 0 Å². The Morgan fingerprint density at radius 2 is 1.21 bits per heavy atom. The van der Waals surface area contributed by atoms with Crippen LogP contribution >= 0.6 is 11.6 Å². The lowest BCUT2D eigenvalue weighted by Crippen LogP contribution is -2.44. The summed E-state index contributed by atoms with van der Waals surface area (Å²) >= 11 is 6.50. The van der Waals surface area contributed by atoms with Gasteiger partial charge in [-0.2, -0.15) is 10.1 Å². The number of fused-ring (bicyclic) bond motifs is 1. The van der Waals surface area contributed by atoms with E-state index in [4.69, 9.17) is 36.1 Å². The third kappa shape index (κ3) is 10.1. The lowest BCUT2D eigenvalue weighted by molar-refractivity contribution is -0.112. The first-order valence-corrected chi connectivity index (χ1v) is 21.9. The third-order valence-corrected chi connectivity index (χ3v) is 11.3. The molecule has 0 bridgehead atoms. The third-order valence-electron chi connectivity index (χ3n) is 11.1. The van der Waals surface area contributed by atoms with E-state index in [1.54, 1.807) is 106 Å². The summed E-state index contributed by atoms with van der Waals surface area (Å²) < 4.78 is 13.3. The van der Waals surface area contributed by atoms with E-state index >= 15 is 0 Å². The number of rotatable bonds is 13. The maximum Gasteiger partial charge on any atom is 0.254 e. The molecule has 4 N–H and O–H groups in total. The minimum absolute atomic E-state index is 0.0713.